The van der Waals surface area contributed by atoms with Gasteiger partial charge in [-0.1, -0.05) is 72.3 Å². The molecule has 1 N–H and O–H groups in total. The van der Waals surface area contributed by atoms with Crippen molar-refractivity contribution in [1.82, 2.24) is 0 Å². The van der Waals surface area contributed by atoms with Crippen LogP contribution in [-0.2, 0) is 0 Å². The van der Waals surface area contributed by atoms with Crippen LogP contribution < -0.4 is 0 Å². The van der Waals surface area contributed by atoms with Crippen LogP contribution in [-0.4, -0.2) is 11.2 Å². The minimum absolute atomic E-state index is 0.0895. The molecule has 0 aromatic heterocycles. The predicted molar refractivity (Wildman–Crippen MR) is 128 cm³/mol. The first-order chi connectivity index (χ1) is 14.0. The highest BCUT2D eigenvalue weighted by Gasteiger charge is 2.58. The van der Waals surface area contributed by atoms with Gasteiger partial charge in [-0.3, -0.25) is 0 Å². The molecule has 0 amide bonds. The molecular formula is C29H48O. The Morgan fingerprint density at radius 1 is 1.03 bits per heavy atom. The largest absolute Gasteiger partial charge is 0.393 e. The number of hydrogen-bond donors (Lipinski definition) is 1. The molecule has 3 saturated carbocycles. The van der Waals surface area contributed by atoms with Crippen molar-refractivity contribution in [3.63, 3.8) is 0 Å². The van der Waals surface area contributed by atoms with Gasteiger partial charge in [-0.2, -0.15) is 0 Å². The first-order valence-corrected chi connectivity index (χ1v) is 13.1. The molecule has 8 unspecified atom stereocenters. The Morgan fingerprint density at radius 3 is 2.47 bits per heavy atom. The number of fused-ring (bicyclic) bond motifs is 5. The second-order valence-electron chi connectivity index (χ2n) is 13.1. The summed E-state index contributed by atoms with van der Waals surface area (Å²) in [4.78, 5) is 0. The fourth-order valence-corrected chi connectivity index (χ4v) is 8.27. The van der Waals surface area contributed by atoms with Crippen LogP contribution in [0.15, 0.2) is 23.8 Å². The van der Waals surface area contributed by atoms with E-state index >= 15 is 0 Å². The summed E-state index contributed by atoms with van der Waals surface area (Å²) >= 11 is 0. The topological polar surface area (TPSA) is 20.2 Å². The Balaban J connectivity index is 1.54. The summed E-state index contributed by atoms with van der Waals surface area (Å²) in [5.41, 5.74) is 2.78. The highest BCUT2D eigenvalue weighted by Crippen LogP contribution is 2.67. The molecule has 4 aliphatic carbocycles. The fourth-order valence-electron chi connectivity index (χ4n) is 8.27. The zero-order chi connectivity index (χ0) is 21.9. The van der Waals surface area contributed by atoms with Crippen molar-refractivity contribution in [2.45, 2.75) is 106 Å². The molecule has 0 aliphatic heterocycles. The third kappa shape index (κ3) is 3.56. The molecule has 3 fully saturated rings. The summed E-state index contributed by atoms with van der Waals surface area (Å²) < 4.78 is 0. The Morgan fingerprint density at radius 2 is 1.77 bits per heavy atom. The fraction of sp³-hybridized carbons (Fsp3) is 0.862. The molecule has 0 radical (unpaired) electrons. The maximum Gasteiger partial charge on any atom is 0.0577 e. The summed E-state index contributed by atoms with van der Waals surface area (Å²) in [5, 5.41) is 10.2. The first kappa shape index (κ1) is 22.6. The van der Waals surface area contributed by atoms with Crippen molar-refractivity contribution in [3.8, 4) is 0 Å². The highest BCUT2D eigenvalue weighted by atomic mass is 16.3. The Hall–Kier alpha value is -0.560. The third-order valence-electron chi connectivity index (χ3n) is 11.1. The summed E-state index contributed by atoms with van der Waals surface area (Å²) in [6.45, 7) is 17.2. The minimum atomic E-state index is -0.0895. The summed E-state index contributed by atoms with van der Waals surface area (Å²) in [6, 6.07) is 0. The standard InChI is InChI=1S/C29H48O/c1-19(2)27(4,5)15-12-20(3)24-10-11-25-23-9-8-21-18-22(30)13-16-28(21,6)26(23)14-17-29(24,25)7/h8,12,15,19-20,22-26,30H,9-11,13-14,16-18H2,1-7H3/b15-12+. The third-order valence-corrected chi connectivity index (χ3v) is 11.1. The molecule has 8 atom stereocenters. The normalized spacial score (nSPS) is 45.1. The molecule has 0 aromatic carbocycles. The average Bonchev–Trinajstić information content (AvgIpc) is 3.04. The lowest BCUT2D eigenvalue weighted by molar-refractivity contribution is -0.0541. The summed E-state index contributed by atoms with van der Waals surface area (Å²) in [6.07, 6.45) is 17.7. The number of hydrogen-bond acceptors (Lipinski definition) is 1. The van der Waals surface area contributed by atoms with Gasteiger partial charge in [-0.15, -0.1) is 0 Å². The van der Waals surface area contributed by atoms with E-state index in [-0.39, 0.29) is 11.5 Å². The van der Waals surface area contributed by atoms with E-state index in [1.165, 1.54) is 38.5 Å². The lowest BCUT2D eigenvalue weighted by atomic mass is 9.47. The van der Waals surface area contributed by atoms with Gasteiger partial charge in [0.1, 0.15) is 0 Å². The maximum absolute atomic E-state index is 10.2. The number of allylic oxidation sites excluding steroid dienone is 3. The number of aliphatic hydroxyl groups is 1. The van der Waals surface area contributed by atoms with E-state index in [0.29, 0.717) is 22.7 Å². The molecule has 0 spiro atoms. The molecule has 170 valence electrons. The van der Waals surface area contributed by atoms with Crippen LogP contribution >= 0.6 is 0 Å². The number of aliphatic hydroxyl groups excluding tert-OH is 1. The van der Waals surface area contributed by atoms with E-state index in [1.807, 2.05) is 0 Å². The van der Waals surface area contributed by atoms with Gasteiger partial charge >= 0.3 is 0 Å². The van der Waals surface area contributed by atoms with Gasteiger partial charge in [0.25, 0.3) is 0 Å². The quantitative estimate of drug-likeness (QED) is 0.467. The van der Waals surface area contributed by atoms with Crippen LogP contribution in [0.25, 0.3) is 0 Å². The first-order valence-electron chi connectivity index (χ1n) is 13.1. The lowest BCUT2D eigenvalue weighted by Gasteiger charge is -2.58. The van der Waals surface area contributed by atoms with Crippen LogP contribution in [0.2, 0.25) is 0 Å². The van der Waals surface area contributed by atoms with Crippen LogP contribution in [0.5, 0.6) is 0 Å². The van der Waals surface area contributed by atoms with Crippen LogP contribution in [0, 0.1) is 51.8 Å². The van der Waals surface area contributed by atoms with E-state index in [4.69, 9.17) is 0 Å². The molecule has 4 rings (SSSR count). The van der Waals surface area contributed by atoms with Gasteiger partial charge in [0.15, 0.2) is 0 Å². The predicted octanol–water partition coefficient (Wildman–Crippen LogP) is 7.80. The second kappa shape index (κ2) is 7.79. The van der Waals surface area contributed by atoms with Crippen molar-refractivity contribution in [2.24, 2.45) is 51.8 Å². The van der Waals surface area contributed by atoms with Crippen LogP contribution in [0.1, 0.15) is 99.8 Å². The van der Waals surface area contributed by atoms with Crippen molar-refractivity contribution < 1.29 is 5.11 Å². The zero-order valence-corrected chi connectivity index (χ0v) is 20.9. The van der Waals surface area contributed by atoms with Gasteiger partial charge in [0.05, 0.1) is 6.10 Å². The molecule has 1 heteroatoms. The molecule has 0 heterocycles. The van der Waals surface area contributed by atoms with Crippen LogP contribution in [0.3, 0.4) is 0 Å². The van der Waals surface area contributed by atoms with Crippen molar-refractivity contribution >= 4 is 0 Å². The van der Waals surface area contributed by atoms with E-state index < -0.39 is 0 Å². The van der Waals surface area contributed by atoms with Crippen molar-refractivity contribution in [3.05, 3.63) is 23.8 Å². The molecule has 1 nitrogen and oxygen atoms in total. The molecule has 0 bridgehead atoms. The summed E-state index contributed by atoms with van der Waals surface area (Å²) in [5.74, 6) is 4.84. The van der Waals surface area contributed by atoms with E-state index in [1.54, 1.807) is 5.57 Å². The monoisotopic (exact) mass is 412 g/mol. The average molecular weight is 413 g/mol. The van der Waals surface area contributed by atoms with Gasteiger partial charge < -0.3 is 5.11 Å². The number of rotatable bonds is 4. The molecule has 0 saturated heterocycles. The smallest absolute Gasteiger partial charge is 0.0577 e. The van der Waals surface area contributed by atoms with Crippen molar-refractivity contribution in [2.75, 3.05) is 0 Å². The van der Waals surface area contributed by atoms with E-state index in [2.05, 4.69) is 66.7 Å². The highest BCUT2D eigenvalue weighted by molar-refractivity contribution is 5.25. The SMILES string of the molecule is CC(/C=C/C(C)(C)C(C)C)C1CCC2C3CC=C4CC(O)CCC4(C)C3CCC12C. The van der Waals surface area contributed by atoms with Crippen LogP contribution in [0.4, 0.5) is 0 Å². The van der Waals surface area contributed by atoms with Gasteiger partial charge in [0, 0.05) is 0 Å². The Bertz CT molecular complexity index is 699. The Labute approximate surface area is 186 Å². The lowest BCUT2D eigenvalue weighted by Crippen LogP contribution is -2.50. The van der Waals surface area contributed by atoms with Gasteiger partial charge in [-0.05, 0) is 103 Å². The molecule has 4 aliphatic rings. The van der Waals surface area contributed by atoms with E-state index in [0.717, 1.165) is 36.5 Å². The second-order valence-corrected chi connectivity index (χ2v) is 13.1. The maximum atomic E-state index is 10.2. The van der Waals surface area contributed by atoms with Gasteiger partial charge in [-0.25, -0.2) is 0 Å². The molecule has 30 heavy (non-hydrogen) atoms. The molecular weight excluding hydrogens is 364 g/mol. The van der Waals surface area contributed by atoms with Gasteiger partial charge in [0.2, 0.25) is 0 Å². The Kier molecular flexibility index (Phi) is 5.87. The minimum Gasteiger partial charge on any atom is -0.393 e. The zero-order valence-electron chi connectivity index (χ0n) is 20.9. The molecule has 0 aromatic rings. The van der Waals surface area contributed by atoms with Crippen molar-refractivity contribution in [1.29, 1.82) is 0 Å². The van der Waals surface area contributed by atoms with E-state index in [9.17, 15) is 5.11 Å². The summed E-state index contributed by atoms with van der Waals surface area (Å²) in [7, 11) is 0.